The van der Waals surface area contributed by atoms with Crippen molar-refractivity contribution in [1.29, 1.82) is 0 Å². The van der Waals surface area contributed by atoms with Gasteiger partial charge < -0.3 is 46.3 Å². The molecule has 0 amide bonds. The molecule has 2 aromatic rings. The highest BCUT2D eigenvalue weighted by molar-refractivity contribution is 7.82. The SMILES string of the molecule is COc1cc(OS(=O)(=O)Oc2ccccc2OC2O[C@H](COC(C)=O)[C@H](OC(C)=O)[C@H](OC(C)=O)[C@H]2OC(C)=O)cc(OC)c1C=O. The number of hydrogen-bond donors (Lipinski definition) is 0. The molecule has 0 aromatic heterocycles. The summed E-state index contributed by atoms with van der Waals surface area (Å²) in [6, 6.07) is 7.53. The topological polar surface area (TPSA) is 212 Å². The molecule has 1 aliphatic heterocycles. The second-order valence-corrected chi connectivity index (χ2v) is 10.7. The third-order valence-corrected chi connectivity index (χ3v) is 6.85. The predicted molar refractivity (Wildman–Crippen MR) is 154 cm³/mol. The Morgan fingerprint density at radius 3 is 1.79 bits per heavy atom. The van der Waals surface area contributed by atoms with E-state index in [2.05, 4.69) is 0 Å². The molecular weight excluding hydrogens is 652 g/mol. The third kappa shape index (κ3) is 9.94. The Bertz CT molecular complexity index is 1560. The largest absolute Gasteiger partial charge is 0.501 e. The average molecular weight is 685 g/mol. The number of rotatable bonds is 14. The lowest BCUT2D eigenvalue weighted by Gasteiger charge is -2.43. The van der Waals surface area contributed by atoms with Crippen LogP contribution >= 0.6 is 0 Å². The van der Waals surface area contributed by atoms with Gasteiger partial charge in [0.15, 0.2) is 35.7 Å². The lowest BCUT2D eigenvalue weighted by atomic mass is 9.98. The molecule has 0 aliphatic carbocycles. The fourth-order valence-electron chi connectivity index (χ4n) is 4.35. The zero-order valence-corrected chi connectivity index (χ0v) is 26.8. The Labute approximate surface area is 269 Å². The first-order valence-electron chi connectivity index (χ1n) is 13.6. The fraction of sp³-hybridized carbons (Fsp3) is 0.414. The zero-order valence-electron chi connectivity index (χ0n) is 26.0. The molecule has 18 heteroatoms. The van der Waals surface area contributed by atoms with E-state index >= 15 is 0 Å². The van der Waals surface area contributed by atoms with Gasteiger partial charge in [0.05, 0.1) is 19.8 Å². The molecule has 0 N–H and O–H groups in total. The Morgan fingerprint density at radius 1 is 0.745 bits per heavy atom. The Morgan fingerprint density at radius 2 is 1.28 bits per heavy atom. The van der Waals surface area contributed by atoms with Crippen LogP contribution < -0.4 is 22.6 Å². The van der Waals surface area contributed by atoms with Gasteiger partial charge in [-0.15, -0.1) is 8.42 Å². The molecule has 1 saturated heterocycles. The van der Waals surface area contributed by atoms with Crippen molar-refractivity contribution in [3.05, 3.63) is 42.0 Å². The Balaban J connectivity index is 1.99. The van der Waals surface area contributed by atoms with Crippen molar-refractivity contribution < 1.29 is 78.7 Å². The van der Waals surface area contributed by atoms with Crippen LogP contribution in [0.4, 0.5) is 0 Å². The van der Waals surface area contributed by atoms with Crippen molar-refractivity contribution in [2.75, 3.05) is 20.8 Å². The van der Waals surface area contributed by atoms with Gasteiger partial charge in [0.25, 0.3) is 0 Å². The minimum absolute atomic E-state index is 0.00392. The van der Waals surface area contributed by atoms with E-state index in [0.717, 1.165) is 39.8 Å². The molecule has 3 rings (SSSR count). The van der Waals surface area contributed by atoms with Gasteiger partial charge in [-0.1, -0.05) is 12.1 Å². The second kappa shape index (κ2) is 15.9. The summed E-state index contributed by atoms with van der Waals surface area (Å²) >= 11 is 0. The van der Waals surface area contributed by atoms with Crippen LogP contribution in [0.5, 0.6) is 28.7 Å². The molecule has 0 spiro atoms. The molecule has 0 bridgehead atoms. The van der Waals surface area contributed by atoms with E-state index in [9.17, 15) is 32.4 Å². The third-order valence-electron chi connectivity index (χ3n) is 6.07. The highest BCUT2D eigenvalue weighted by Crippen LogP contribution is 2.37. The molecule has 17 nitrogen and oxygen atoms in total. The van der Waals surface area contributed by atoms with Gasteiger partial charge in [-0.25, -0.2) is 0 Å². The van der Waals surface area contributed by atoms with Gasteiger partial charge >= 0.3 is 34.3 Å². The molecule has 1 aliphatic rings. The number of carbonyl (C=O) groups is 5. The van der Waals surface area contributed by atoms with E-state index in [1.165, 1.54) is 38.5 Å². The van der Waals surface area contributed by atoms with Gasteiger partial charge in [-0.3, -0.25) is 24.0 Å². The minimum atomic E-state index is -4.92. The average Bonchev–Trinajstić information content (AvgIpc) is 2.98. The normalized spacial score (nSPS) is 20.5. The number of hydrogen-bond acceptors (Lipinski definition) is 17. The maximum Gasteiger partial charge on any atom is 0.501 e. The summed E-state index contributed by atoms with van der Waals surface area (Å²) in [4.78, 5) is 59.2. The molecule has 0 saturated carbocycles. The summed E-state index contributed by atoms with van der Waals surface area (Å²) in [6.07, 6.45) is -7.16. The predicted octanol–water partition coefficient (Wildman–Crippen LogP) is 1.68. The van der Waals surface area contributed by atoms with Crippen molar-refractivity contribution in [3.8, 4) is 28.7 Å². The molecule has 47 heavy (non-hydrogen) atoms. The number of benzene rings is 2. The van der Waals surface area contributed by atoms with E-state index in [-0.39, 0.29) is 28.6 Å². The van der Waals surface area contributed by atoms with Crippen molar-refractivity contribution in [3.63, 3.8) is 0 Å². The first kappa shape index (κ1) is 36.4. The van der Waals surface area contributed by atoms with E-state index < -0.39 is 77.3 Å². The van der Waals surface area contributed by atoms with Crippen LogP contribution in [0.2, 0.25) is 0 Å². The summed E-state index contributed by atoms with van der Waals surface area (Å²) in [5, 5.41) is 0. The molecule has 2 aromatic carbocycles. The summed E-state index contributed by atoms with van der Waals surface area (Å²) in [5.41, 5.74) is 0.00392. The standard InChI is InChI=1S/C29H32O17S/c1-15(31)39-14-25-26(40-16(2)32)27(41-17(3)33)28(42-18(4)34)29(44-25)43-21-9-7-8-10-22(21)46-47(35,36)45-19-11-23(37-5)20(13-30)24(12-19)38-6/h7-13,25-29H,14H2,1-6H3/t25-,26+,27+,28-,29?/m1/s1. The van der Waals surface area contributed by atoms with Gasteiger partial charge in [0, 0.05) is 39.8 Å². The highest BCUT2D eigenvalue weighted by Gasteiger charge is 2.53. The van der Waals surface area contributed by atoms with E-state index in [1.54, 1.807) is 0 Å². The van der Waals surface area contributed by atoms with Crippen LogP contribution in [0.1, 0.15) is 38.1 Å². The van der Waals surface area contributed by atoms with Gasteiger partial charge in [0.2, 0.25) is 12.4 Å². The quantitative estimate of drug-likeness (QED) is 0.157. The zero-order chi connectivity index (χ0) is 34.9. The first-order valence-corrected chi connectivity index (χ1v) is 14.9. The molecule has 5 atom stereocenters. The molecule has 1 heterocycles. The summed E-state index contributed by atoms with van der Waals surface area (Å²) in [7, 11) is -2.43. The number of para-hydroxylation sites is 2. The van der Waals surface area contributed by atoms with Gasteiger partial charge in [-0.05, 0) is 12.1 Å². The molecular formula is C29H32O17S. The minimum Gasteiger partial charge on any atom is -0.496 e. The van der Waals surface area contributed by atoms with E-state index in [0.29, 0.717) is 6.29 Å². The van der Waals surface area contributed by atoms with E-state index in [1.807, 2.05) is 0 Å². The van der Waals surface area contributed by atoms with Crippen molar-refractivity contribution >= 4 is 40.6 Å². The van der Waals surface area contributed by atoms with Crippen molar-refractivity contribution in [2.45, 2.75) is 58.4 Å². The van der Waals surface area contributed by atoms with Crippen molar-refractivity contribution in [1.82, 2.24) is 0 Å². The number of aldehydes is 1. The first-order chi connectivity index (χ1) is 22.2. The van der Waals surface area contributed by atoms with Crippen LogP contribution in [0.15, 0.2) is 36.4 Å². The van der Waals surface area contributed by atoms with Crippen molar-refractivity contribution in [2.24, 2.45) is 0 Å². The molecule has 1 fully saturated rings. The van der Waals surface area contributed by atoms with Gasteiger partial charge in [-0.2, -0.15) is 0 Å². The molecule has 1 unspecified atom stereocenters. The number of carbonyl (C=O) groups excluding carboxylic acids is 5. The second-order valence-electron chi connectivity index (χ2n) is 9.57. The van der Waals surface area contributed by atoms with Crippen LogP contribution in [-0.2, 0) is 53.3 Å². The smallest absolute Gasteiger partial charge is 0.496 e. The lowest BCUT2D eigenvalue weighted by Crippen LogP contribution is -2.63. The fourth-order valence-corrected chi connectivity index (χ4v) is 5.07. The lowest BCUT2D eigenvalue weighted by molar-refractivity contribution is -0.288. The van der Waals surface area contributed by atoms with Crippen LogP contribution in [0.3, 0.4) is 0 Å². The summed E-state index contributed by atoms with van der Waals surface area (Å²) in [6.45, 7) is 3.75. The Kier molecular flexibility index (Phi) is 12.3. The van der Waals surface area contributed by atoms with Crippen LogP contribution in [0, 0.1) is 0 Å². The highest BCUT2D eigenvalue weighted by atomic mass is 32.3. The number of esters is 4. The summed E-state index contributed by atoms with van der Waals surface area (Å²) in [5.74, 6) is -4.45. The maximum absolute atomic E-state index is 13.0. The van der Waals surface area contributed by atoms with Gasteiger partial charge in [0.1, 0.15) is 24.2 Å². The number of ether oxygens (including phenoxy) is 8. The molecule has 256 valence electrons. The van der Waals surface area contributed by atoms with E-state index in [4.69, 9.17) is 46.3 Å². The monoisotopic (exact) mass is 684 g/mol. The number of methoxy groups -OCH3 is 2. The summed E-state index contributed by atoms with van der Waals surface area (Å²) < 4.78 is 79.3. The maximum atomic E-state index is 13.0. The van der Waals surface area contributed by atoms with Crippen LogP contribution in [-0.4, -0.2) is 90.1 Å². The van der Waals surface area contributed by atoms with Crippen LogP contribution in [0.25, 0.3) is 0 Å². The molecule has 0 radical (unpaired) electrons. The Hall–Kier alpha value is -5.10.